The largest absolute Gasteiger partial charge is 0.394 e. The van der Waals surface area contributed by atoms with Crippen LogP contribution in [0.1, 0.15) is 0 Å². The Morgan fingerprint density at radius 2 is 1.62 bits per heavy atom. The Bertz CT molecular complexity index is 638. The van der Waals surface area contributed by atoms with Crippen molar-refractivity contribution in [2.45, 2.75) is 61.3 Å². The Morgan fingerprint density at radius 1 is 0.897 bits per heavy atom. The van der Waals surface area contributed by atoms with Crippen LogP contribution in [-0.2, 0) is 14.2 Å². The molecular weight excluding hydrogens is 392 g/mol. The van der Waals surface area contributed by atoms with Gasteiger partial charge in [0.2, 0.25) is 0 Å². The molecule has 12 heteroatoms. The summed E-state index contributed by atoms with van der Waals surface area (Å²) in [4.78, 5) is 4.04. The maximum atomic E-state index is 10.8. The van der Waals surface area contributed by atoms with Crippen molar-refractivity contribution in [2.75, 3.05) is 18.5 Å². The van der Waals surface area contributed by atoms with Crippen LogP contribution in [0.5, 0.6) is 0 Å². The molecule has 1 aromatic rings. The van der Waals surface area contributed by atoms with Crippen LogP contribution in [0.3, 0.4) is 0 Å². The summed E-state index contributed by atoms with van der Waals surface area (Å²) in [5, 5.41) is 72.5. The lowest BCUT2D eigenvalue weighted by Crippen LogP contribution is -2.65. The maximum Gasteiger partial charge on any atom is 0.187 e. The molecule has 0 amide bonds. The summed E-state index contributed by atoms with van der Waals surface area (Å²) in [6, 6.07) is 3.87. The normalized spacial score (nSPS) is 43.1. The van der Waals surface area contributed by atoms with Crippen LogP contribution >= 0.6 is 0 Å². The van der Waals surface area contributed by atoms with E-state index in [-0.39, 0.29) is 0 Å². The molecule has 0 bridgehead atoms. The number of anilines is 1. The molecule has 0 aromatic carbocycles. The third kappa shape index (κ3) is 4.67. The highest BCUT2D eigenvalue weighted by molar-refractivity contribution is 5.35. The molecule has 29 heavy (non-hydrogen) atoms. The molecule has 1 unspecified atom stereocenters. The highest BCUT2D eigenvalue weighted by Crippen LogP contribution is 2.29. The summed E-state index contributed by atoms with van der Waals surface area (Å²) in [5.41, 5.74) is 0. The van der Waals surface area contributed by atoms with Crippen LogP contribution in [-0.4, -0.2) is 115 Å². The Kier molecular flexibility index (Phi) is 7.34. The minimum Gasteiger partial charge on any atom is -0.394 e. The molecule has 10 atom stereocenters. The van der Waals surface area contributed by atoms with E-state index in [0.29, 0.717) is 5.82 Å². The summed E-state index contributed by atoms with van der Waals surface area (Å²) in [5.74, 6) is 0.341. The topological polar surface area (TPSA) is 194 Å². The summed E-state index contributed by atoms with van der Waals surface area (Å²) in [7, 11) is 0. The zero-order valence-electron chi connectivity index (χ0n) is 15.3. The van der Waals surface area contributed by atoms with Gasteiger partial charge in [0, 0.05) is 6.20 Å². The van der Waals surface area contributed by atoms with Crippen LogP contribution in [0.25, 0.3) is 0 Å². The second-order valence-electron chi connectivity index (χ2n) is 6.92. The van der Waals surface area contributed by atoms with Crippen LogP contribution in [0.15, 0.2) is 24.4 Å². The van der Waals surface area contributed by atoms with Gasteiger partial charge in [-0.15, -0.1) is 0 Å². The van der Waals surface area contributed by atoms with Gasteiger partial charge in [-0.1, -0.05) is 6.07 Å². The zero-order valence-corrected chi connectivity index (χ0v) is 15.3. The third-order valence-electron chi connectivity index (χ3n) is 4.99. The lowest BCUT2D eigenvalue weighted by Gasteiger charge is -2.46. The fourth-order valence-corrected chi connectivity index (χ4v) is 3.36. The number of rotatable bonds is 6. The van der Waals surface area contributed by atoms with Gasteiger partial charge in [-0.05, 0) is 12.1 Å². The van der Waals surface area contributed by atoms with Crippen molar-refractivity contribution < 1.29 is 50.0 Å². The molecule has 8 N–H and O–H groups in total. The standard InChI is InChI=1S/C17H26N2O10/c20-5-7-11(22)13(24)14(25)17(28-7)29-15-8(6-21)27-16(26)10(12(15)23)19-9-3-1-2-4-18-9/h1-4,7-8,10-17,20-26H,5-6H2,(H,18,19)/t7-,8-,10-,11-,12-,13+,14-,15-,16?,17-/m1/s1. The van der Waals surface area contributed by atoms with E-state index in [4.69, 9.17) is 14.2 Å². The first-order valence-electron chi connectivity index (χ1n) is 9.13. The summed E-state index contributed by atoms with van der Waals surface area (Å²) >= 11 is 0. The first-order chi connectivity index (χ1) is 13.9. The Labute approximate surface area is 165 Å². The minimum atomic E-state index is -1.70. The Balaban J connectivity index is 1.76. The zero-order chi connectivity index (χ0) is 21.1. The third-order valence-corrected chi connectivity index (χ3v) is 4.99. The predicted octanol–water partition coefficient (Wildman–Crippen LogP) is -3.88. The van der Waals surface area contributed by atoms with Crippen molar-refractivity contribution in [1.82, 2.24) is 4.98 Å². The number of pyridine rings is 1. The van der Waals surface area contributed by atoms with Crippen LogP contribution in [0, 0.1) is 0 Å². The molecule has 1 aromatic heterocycles. The van der Waals surface area contributed by atoms with Gasteiger partial charge < -0.3 is 55.3 Å². The minimum absolute atomic E-state index is 0.341. The van der Waals surface area contributed by atoms with E-state index < -0.39 is 74.6 Å². The molecule has 12 nitrogen and oxygen atoms in total. The average molecular weight is 418 g/mol. The molecule has 2 fully saturated rings. The molecule has 3 heterocycles. The van der Waals surface area contributed by atoms with Crippen molar-refractivity contribution in [3.8, 4) is 0 Å². The highest BCUT2D eigenvalue weighted by Gasteiger charge is 2.50. The SMILES string of the molecule is OC[C@H]1O[C@H](O[C@H]2[C@H](O)[C@@H](Nc3ccccn3)C(O)O[C@@H]2CO)[C@H](O)[C@@H](O)[C@@H]1O. The molecule has 0 aliphatic carbocycles. The lowest BCUT2D eigenvalue weighted by molar-refractivity contribution is -0.343. The van der Waals surface area contributed by atoms with Crippen molar-refractivity contribution in [1.29, 1.82) is 0 Å². The molecule has 2 aliphatic rings. The molecule has 3 rings (SSSR count). The van der Waals surface area contributed by atoms with Gasteiger partial charge in [-0.3, -0.25) is 0 Å². The average Bonchev–Trinajstić information content (AvgIpc) is 2.73. The van der Waals surface area contributed by atoms with Crippen molar-refractivity contribution in [2.24, 2.45) is 0 Å². The lowest BCUT2D eigenvalue weighted by atomic mass is 9.95. The summed E-state index contributed by atoms with van der Waals surface area (Å²) < 4.78 is 16.2. The molecule has 0 saturated carbocycles. The number of hydrogen-bond donors (Lipinski definition) is 8. The van der Waals surface area contributed by atoms with Crippen molar-refractivity contribution in [3.05, 3.63) is 24.4 Å². The second kappa shape index (κ2) is 9.57. The Morgan fingerprint density at radius 3 is 2.24 bits per heavy atom. The van der Waals surface area contributed by atoms with E-state index in [1.54, 1.807) is 18.2 Å². The monoisotopic (exact) mass is 418 g/mol. The summed E-state index contributed by atoms with van der Waals surface area (Å²) in [6.45, 7) is -1.28. The number of aromatic nitrogens is 1. The smallest absolute Gasteiger partial charge is 0.187 e. The fourth-order valence-electron chi connectivity index (χ4n) is 3.36. The number of nitrogens with one attached hydrogen (secondary N) is 1. The van der Waals surface area contributed by atoms with Crippen LogP contribution in [0.2, 0.25) is 0 Å². The molecule has 0 spiro atoms. The quantitative estimate of drug-likeness (QED) is 0.224. The van der Waals surface area contributed by atoms with Gasteiger partial charge in [0.1, 0.15) is 54.6 Å². The fraction of sp³-hybridized carbons (Fsp3) is 0.706. The molecule has 164 valence electrons. The number of aliphatic hydroxyl groups is 7. The highest BCUT2D eigenvalue weighted by atomic mass is 16.7. The first-order valence-corrected chi connectivity index (χ1v) is 9.13. The summed E-state index contributed by atoms with van der Waals surface area (Å²) in [6.07, 6.45) is -11.7. The van der Waals surface area contributed by atoms with Crippen molar-refractivity contribution >= 4 is 5.82 Å². The molecule has 2 saturated heterocycles. The number of aliphatic hydroxyl groups excluding tert-OH is 7. The number of hydrogen-bond acceptors (Lipinski definition) is 12. The van der Waals surface area contributed by atoms with E-state index in [0.717, 1.165) is 0 Å². The van der Waals surface area contributed by atoms with E-state index in [9.17, 15) is 35.7 Å². The van der Waals surface area contributed by atoms with E-state index in [1.165, 1.54) is 6.20 Å². The van der Waals surface area contributed by atoms with Gasteiger partial charge >= 0.3 is 0 Å². The van der Waals surface area contributed by atoms with Gasteiger partial charge in [0.15, 0.2) is 12.6 Å². The van der Waals surface area contributed by atoms with E-state index >= 15 is 0 Å². The first kappa shape index (κ1) is 22.2. The molecule has 2 aliphatic heterocycles. The predicted molar refractivity (Wildman–Crippen MR) is 94.3 cm³/mol. The number of ether oxygens (including phenoxy) is 3. The molecular formula is C17H26N2O10. The van der Waals surface area contributed by atoms with Crippen LogP contribution in [0.4, 0.5) is 5.82 Å². The number of nitrogens with zero attached hydrogens (tertiary/aromatic N) is 1. The second-order valence-corrected chi connectivity index (χ2v) is 6.92. The van der Waals surface area contributed by atoms with Gasteiger partial charge in [0.25, 0.3) is 0 Å². The van der Waals surface area contributed by atoms with Gasteiger partial charge in [0.05, 0.1) is 13.2 Å². The van der Waals surface area contributed by atoms with E-state index in [2.05, 4.69) is 10.3 Å². The maximum absolute atomic E-state index is 10.8. The van der Waals surface area contributed by atoms with Gasteiger partial charge in [-0.2, -0.15) is 0 Å². The van der Waals surface area contributed by atoms with Gasteiger partial charge in [-0.25, -0.2) is 4.98 Å². The van der Waals surface area contributed by atoms with Crippen LogP contribution < -0.4 is 5.32 Å². The molecule has 0 radical (unpaired) electrons. The van der Waals surface area contributed by atoms with Crippen molar-refractivity contribution in [3.63, 3.8) is 0 Å². The Hall–Kier alpha value is -1.45. The van der Waals surface area contributed by atoms with E-state index in [1.807, 2.05) is 0 Å².